The second-order valence-electron chi connectivity index (χ2n) is 7.09. The highest BCUT2D eigenvalue weighted by molar-refractivity contribution is 7.89. The van der Waals surface area contributed by atoms with Crippen molar-refractivity contribution in [1.29, 1.82) is 0 Å². The zero-order chi connectivity index (χ0) is 23.3. The third-order valence-corrected chi connectivity index (χ3v) is 6.21. The summed E-state index contributed by atoms with van der Waals surface area (Å²) in [5.74, 6) is 0.198. The van der Waals surface area contributed by atoms with E-state index in [2.05, 4.69) is 20.4 Å². The van der Waals surface area contributed by atoms with Crippen LogP contribution in [0.5, 0.6) is 5.75 Å². The largest absolute Gasteiger partial charge is 0.497 e. The van der Waals surface area contributed by atoms with Crippen LogP contribution in [0.25, 0.3) is 5.69 Å². The van der Waals surface area contributed by atoms with Crippen LogP contribution < -0.4 is 14.8 Å². The van der Waals surface area contributed by atoms with Crippen molar-refractivity contribution in [2.45, 2.75) is 24.8 Å². The highest BCUT2D eigenvalue weighted by Gasteiger charge is 2.20. The average molecular weight is 460 g/mol. The summed E-state index contributed by atoms with van der Waals surface area (Å²) in [6.45, 7) is 3.69. The van der Waals surface area contributed by atoms with E-state index in [9.17, 15) is 13.2 Å². The molecule has 1 atom stereocenters. The molecule has 32 heavy (non-hydrogen) atoms. The Morgan fingerprint density at radius 2 is 1.88 bits per heavy atom. The Balaban J connectivity index is 1.73. The van der Waals surface area contributed by atoms with E-state index >= 15 is 0 Å². The molecule has 0 spiro atoms. The van der Waals surface area contributed by atoms with Gasteiger partial charge in [0, 0.05) is 24.9 Å². The predicted molar refractivity (Wildman–Crippen MR) is 119 cm³/mol. The van der Waals surface area contributed by atoms with Gasteiger partial charge in [-0.05, 0) is 50.2 Å². The third-order valence-electron chi connectivity index (χ3n) is 4.60. The first-order valence-electron chi connectivity index (χ1n) is 9.74. The van der Waals surface area contributed by atoms with E-state index in [1.165, 1.54) is 31.4 Å². The topological polar surface area (TPSA) is 124 Å². The number of carbonyl (C=O) groups excluding carboxylic acids is 1. The Morgan fingerprint density at radius 1 is 1.16 bits per heavy atom. The molecule has 2 aromatic carbocycles. The molecule has 10 nitrogen and oxygen atoms in total. The molecule has 1 aromatic heterocycles. The van der Waals surface area contributed by atoms with E-state index in [1.54, 1.807) is 37.8 Å². The van der Waals surface area contributed by atoms with Gasteiger partial charge in [0.1, 0.15) is 5.75 Å². The van der Waals surface area contributed by atoms with Gasteiger partial charge in [-0.2, -0.15) is 0 Å². The number of nitrogens with zero attached hydrogens (tertiary/aromatic N) is 3. The third kappa shape index (κ3) is 5.31. The van der Waals surface area contributed by atoms with Crippen LogP contribution in [0.15, 0.2) is 53.4 Å². The van der Waals surface area contributed by atoms with Crippen LogP contribution in [-0.4, -0.2) is 56.2 Å². The van der Waals surface area contributed by atoms with Crippen LogP contribution in [-0.2, 0) is 14.8 Å². The Hall–Kier alpha value is -3.28. The van der Waals surface area contributed by atoms with Crippen molar-refractivity contribution < 1.29 is 22.7 Å². The van der Waals surface area contributed by atoms with Crippen LogP contribution >= 0.6 is 0 Å². The monoisotopic (exact) mass is 459 g/mol. The van der Waals surface area contributed by atoms with Gasteiger partial charge in [0.05, 0.1) is 30.0 Å². The molecular weight excluding hydrogens is 434 g/mol. The summed E-state index contributed by atoms with van der Waals surface area (Å²) in [4.78, 5) is 12.8. The molecule has 0 bridgehead atoms. The molecule has 170 valence electrons. The van der Waals surface area contributed by atoms with E-state index in [0.717, 1.165) is 0 Å². The van der Waals surface area contributed by atoms with Crippen LogP contribution in [0.2, 0.25) is 0 Å². The lowest BCUT2D eigenvalue weighted by Gasteiger charge is -2.13. The molecular formula is C21H25N5O5S. The Labute approximate surface area is 186 Å². The number of amides is 1. The van der Waals surface area contributed by atoms with Gasteiger partial charge in [0.15, 0.2) is 5.69 Å². The Bertz CT molecular complexity index is 1190. The van der Waals surface area contributed by atoms with Crippen molar-refractivity contribution in [2.75, 3.05) is 26.1 Å². The molecule has 0 aliphatic heterocycles. The maximum absolute atomic E-state index is 12.7. The minimum absolute atomic E-state index is 0.0820. The summed E-state index contributed by atoms with van der Waals surface area (Å²) in [6, 6.07) is 12.7. The number of rotatable bonds is 9. The first-order valence-corrected chi connectivity index (χ1v) is 11.2. The number of benzene rings is 2. The molecule has 0 saturated heterocycles. The number of carbonyl (C=O) groups is 1. The fourth-order valence-electron chi connectivity index (χ4n) is 3.05. The van der Waals surface area contributed by atoms with Crippen molar-refractivity contribution >= 4 is 21.6 Å². The first kappa shape index (κ1) is 23.4. The molecule has 1 heterocycles. The molecule has 1 unspecified atom stereocenters. The van der Waals surface area contributed by atoms with Crippen LogP contribution in [0.1, 0.15) is 23.1 Å². The predicted octanol–water partition coefficient (Wildman–Crippen LogP) is 2.15. The van der Waals surface area contributed by atoms with Gasteiger partial charge < -0.3 is 14.8 Å². The van der Waals surface area contributed by atoms with Crippen molar-refractivity contribution in [3.05, 3.63) is 59.9 Å². The zero-order valence-electron chi connectivity index (χ0n) is 18.2. The first-order chi connectivity index (χ1) is 15.2. The van der Waals surface area contributed by atoms with Crippen molar-refractivity contribution in [3.8, 4) is 11.4 Å². The SMILES string of the molecule is COCC(C)NS(=O)(=O)c1ccc(NC(=O)c2nnn(-c3cccc(OC)c3)c2C)cc1. The fraction of sp³-hybridized carbons (Fsp3) is 0.286. The standard InChI is InChI=1S/C21H25N5O5S/c1-14(13-30-3)24-32(28,29)19-10-8-16(9-11-19)22-21(27)20-15(2)26(25-23-20)17-6-5-7-18(12-17)31-4/h5-12,14,24H,13H2,1-4H3,(H,22,27). The molecule has 0 radical (unpaired) electrons. The summed E-state index contributed by atoms with van der Waals surface area (Å²) >= 11 is 0. The maximum atomic E-state index is 12.7. The smallest absolute Gasteiger partial charge is 0.278 e. The Kier molecular flexibility index (Phi) is 7.23. The minimum Gasteiger partial charge on any atom is -0.497 e. The summed E-state index contributed by atoms with van der Waals surface area (Å²) in [6.07, 6.45) is 0. The lowest BCUT2D eigenvalue weighted by molar-refractivity contribution is 0.102. The molecule has 3 rings (SSSR count). The molecule has 2 N–H and O–H groups in total. The van der Waals surface area contributed by atoms with Crippen LogP contribution in [0.4, 0.5) is 5.69 Å². The van der Waals surface area contributed by atoms with Crippen molar-refractivity contribution in [1.82, 2.24) is 19.7 Å². The molecule has 0 fully saturated rings. The second kappa shape index (κ2) is 9.90. The maximum Gasteiger partial charge on any atom is 0.278 e. The van der Waals surface area contributed by atoms with E-state index in [-0.39, 0.29) is 23.2 Å². The summed E-state index contributed by atoms with van der Waals surface area (Å²) in [7, 11) is -0.630. The van der Waals surface area contributed by atoms with Gasteiger partial charge in [-0.1, -0.05) is 11.3 Å². The van der Waals surface area contributed by atoms with Gasteiger partial charge in [-0.3, -0.25) is 4.79 Å². The van der Waals surface area contributed by atoms with Gasteiger partial charge >= 0.3 is 0 Å². The summed E-state index contributed by atoms with van der Waals surface area (Å²) in [5, 5.41) is 10.8. The molecule has 0 aliphatic carbocycles. The van der Waals surface area contributed by atoms with E-state index in [4.69, 9.17) is 9.47 Å². The number of anilines is 1. The number of ether oxygens (including phenoxy) is 2. The average Bonchev–Trinajstić information content (AvgIpc) is 3.15. The fourth-order valence-corrected chi connectivity index (χ4v) is 4.28. The van der Waals surface area contributed by atoms with Gasteiger partial charge in [-0.25, -0.2) is 17.8 Å². The molecule has 3 aromatic rings. The second-order valence-corrected chi connectivity index (χ2v) is 8.81. The number of aromatic nitrogens is 3. The molecule has 1 amide bonds. The van der Waals surface area contributed by atoms with Crippen LogP contribution in [0, 0.1) is 6.92 Å². The van der Waals surface area contributed by atoms with E-state index in [1.807, 2.05) is 12.1 Å². The summed E-state index contributed by atoms with van der Waals surface area (Å²) < 4.78 is 39.1. The number of hydrogen-bond acceptors (Lipinski definition) is 7. The van der Waals surface area contributed by atoms with E-state index < -0.39 is 15.9 Å². The minimum atomic E-state index is -3.70. The number of methoxy groups -OCH3 is 2. The lowest BCUT2D eigenvalue weighted by Crippen LogP contribution is -2.35. The lowest BCUT2D eigenvalue weighted by atomic mass is 10.2. The van der Waals surface area contributed by atoms with Gasteiger partial charge in [0.2, 0.25) is 10.0 Å². The molecule has 0 saturated carbocycles. The van der Waals surface area contributed by atoms with Crippen molar-refractivity contribution in [3.63, 3.8) is 0 Å². The van der Waals surface area contributed by atoms with Crippen LogP contribution in [0.3, 0.4) is 0 Å². The number of sulfonamides is 1. The quantitative estimate of drug-likeness (QED) is 0.502. The van der Waals surface area contributed by atoms with Gasteiger partial charge in [-0.15, -0.1) is 5.10 Å². The normalized spacial score (nSPS) is 12.4. The Morgan fingerprint density at radius 3 is 2.53 bits per heavy atom. The van der Waals surface area contributed by atoms with Crippen molar-refractivity contribution in [2.24, 2.45) is 0 Å². The highest BCUT2D eigenvalue weighted by atomic mass is 32.2. The number of hydrogen-bond donors (Lipinski definition) is 2. The number of nitrogens with one attached hydrogen (secondary N) is 2. The zero-order valence-corrected chi connectivity index (χ0v) is 19.0. The highest BCUT2D eigenvalue weighted by Crippen LogP contribution is 2.19. The van der Waals surface area contributed by atoms with E-state index in [0.29, 0.717) is 22.8 Å². The summed E-state index contributed by atoms with van der Waals surface area (Å²) in [5.41, 5.74) is 1.83. The molecule has 11 heteroatoms. The molecule has 0 aliphatic rings. The van der Waals surface area contributed by atoms with Gasteiger partial charge in [0.25, 0.3) is 5.91 Å².